The van der Waals surface area contributed by atoms with Crippen molar-refractivity contribution in [3.63, 3.8) is 0 Å². The minimum absolute atomic E-state index is 0.199. The highest BCUT2D eigenvalue weighted by Crippen LogP contribution is 2.16. The second kappa shape index (κ2) is 3.94. The molecule has 0 bridgehead atoms. The summed E-state index contributed by atoms with van der Waals surface area (Å²) in [4.78, 5) is 7.41. The lowest BCUT2D eigenvalue weighted by atomic mass is 10.3. The van der Waals surface area contributed by atoms with Gasteiger partial charge in [0.15, 0.2) is 0 Å². The molecule has 4 heteroatoms. The third-order valence-electron chi connectivity index (χ3n) is 2.23. The van der Waals surface area contributed by atoms with E-state index in [4.69, 9.17) is 4.84 Å². The van der Waals surface area contributed by atoms with E-state index in [-0.39, 0.29) is 5.82 Å². The van der Waals surface area contributed by atoms with Crippen molar-refractivity contribution in [1.82, 2.24) is 5.06 Å². The number of hydrogen-bond acceptors (Lipinski definition) is 3. The summed E-state index contributed by atoms with van der Waals surface area (Å²) in [7, 11) is 1.88. The molecule has 1 aliphatic heterocycles. The van der Waals surface area contributed by atoms with E-state index in [1.807, 2.05) is 7.05 Å². The fourth-order valence-electron chi connectivity index (χ4n) is 1.52. The minimum atomic E-state index is -0.199. The maximum absolute atomic E-state index is 12.7. The van der Waals surface area contributed by atoms with Gasteiger partial charge in [-0.05, 0) is 24.3 Å². The lowest BCUT2D eigenvalue weighted by molar-refractivity contribution is -0.154. The van der Waals surface area contributed by atoms with Gasteiger partial charge in [-0.2, -0.15) is 5.06 Å². The number of anilines is 1. The molecular weight excluding hydrogens is 183 g/mol. The molecule has 1 saturated heterocycles. The van der Waals surface area contributed by atoms with Crippen LogP contribution in [0.15, 0.2) is 24.3 Å². The quantitative estimate of drug-likeness (QED) is 0.676. The molecular formula is C10H13FN2O. The molecule has 14 heavy (non-hydrogen) atoms. The van der Waals surface area contributed by atoms with Crippen LogP contribution in [0.5, 0.6) is 0 Å². The van der Waals surface area contributed by atoms with Gasteiger partial charge in [0.1, 0.15) is 5.82 Å². The molecule has 0 spiro atoms. The molecule has 1 heterocycles. The van der Waals surface area contributed by atoms with Gasteiger partial charge in [-0.3, -0.25) is 4.84 Å². The average molecular weight is 196 g/mol. The van der Waals surface area contributed by atoms with Crippen LogP contribution in [-0.4, -0.2) is 31.9 Å². The average Bonchev–Trinajstić information content (AvgIpc) is 2.19. The maximum atomic E-state index is 12.7. The fraction of sp³-hybridized carbons (Fsp3) is 0.400. The molecule has 0 aromatic heterocycles. The van der Waals surface area contributed by atoms with Crippen LogP contribution in [0.1, 0.15) is 0 Å². The first kappa shape index (κ1) is 9.43. The zero-order valence-electron chi connectivity index (χ0n) is 8.11. The molecule has 2 rings (SSSR count). The molecule has 0 radical (unpaired) electrons. The summed E-state index contributed by atoms with van der Waals surface area (Å²) >= 11 is 0. The van der Waals surface area contributed by atoms with Gasteiger partial charge in [-0.25, -0.2) is 4.39 Å². The number of rotatable bonds is 1. The Balaban J connectivity index is 2.10. The van der Waals surface area contributed by atoms with Crippen LogP contribution in [-0.2, 0) is 4.84 Å². The van der Waals surface area contributed by atoms with E-state index in [2.05, 4.69) is 4.90 Å². The van der Waals surface area contributed by atoms with Gasteiger partial charge in [0.2, 0.25) is 0 Å². The summed E-state index contributed by atoms with van der Waals surface area (Å²) in [6, 6.07) is 6.53. The van der Waals surface area contributed by atoms with Crippen LogP contribution in [0.2, 0.25) is 0 Å². The van der Waals surface area contributed by atoms with Crippen LogP contribution < -0.4 is 4.90 Å². The summed E-state index contributed by atoms with van der Waals surface area (Å²) in [5.74, 6) is -0.199. The van der Waals surface area contributed by atoms with E-state index in [1.165, 1.54) is 12.1 Å². The molecule has 1 aliphatic rings. The molecule has 0 N–H and O–H groups in total. The largest absolute Gasteiger partial charge is 0.354 e. The minimum Gasteiger partial charge on any atom is -0.354 e. The Hall–Kier alpha value is -1.13. The molecule has 0 atom stereocenters. The van der Waals surface area contributed by atoms with Crippen molar-refractivity contribution >= 4 is 5.69 Å². The first-order chi connectivity index (χ1) is 6.75. The highest BCUT2D eigenvalue weighted by molar-refractivity contribution is 5.46. The van der Waals surface area contributed by atoms with Crippen molar-refractivity contribution in [2.75, 3.05) is 31.8 Å². The molecule has 0 amide bonds. The Morgan fingerprint density at radius 1 is 1.29 bits per heavy atom. The second-order valence-corrected chi connectivity index (χ2v) is 3.34. The summed E-state index contributed by atoms with van der Waals surface area (Å²) in [6.45, 7) is 2.23. The fourth-order valence-corrected chi connectivity index (χ4v) is 1.52. The van der Waals surface area contributed by atoms with Crippen LogP contribution in [0.4, 0.5) is 10.1 Å². The van der Waals surface area contributed by atoms with Crippen LogP contribution >= 0.6 is 0 Å². The molecule has 0 aliphatic carbocycles. The first-order valence-electron chi connectivity index (χ1n) is 4.60. The number of nitrogens with zero attached hydrogens (tertiary/aromatic N) is 2. The van der Waals surface area contributed by atoms with E-state index in [1.54, 1.807) is 17.2 Å². The summed E-state index contributed by atoms with van der Waals surface area (Å²) in [5, 5.41) is 1.77. The first-order valence-corrected chi connectivity index (χ1v) is 4.60. The van der Waals surface area contributed by atoms with Gasteiger partial charge in [-0.1, -0.05) is 0 Å². The molecule has 1 aromatic carbocycles. The van der Waals surface area contributed by atoms with Crippen molar-refractivity contribution in [1.29, 1.82) is 0 Å². The molecule has 1 aromatic rings. The predicted molar refractivity (Wildman–Crippen MR) is 52.3 cm³/mol. The van der Waals surface area contributed by atoms with Gasteiger partial charge in [0, 0.05) is 19.3 Å². The molecule has 0 saturated carbocycles. The third kappa shape index (κ3) is 2.02. The maximum Gasteiger partial charge on any atom is 0.123 e. The molecule has 0 unspecified atom stereocenters. The van der Waals surface area contributed by atoms with E-state index in [0.29, 0.717) is 13.3 Å². The Kier molecular flexibility index (Phi) is 2.65. The van der Waals surface area contributed by atoms with Gasteiger partial charge < -0.3 is 4.90 Å². The Morgan fingerprint density at radius 2 is 2.00 bits per heavy atom. The van der Waals surface area contributed by atoms with Crippen molar-refractivity contribution in [2.24, 2.45) is 0 Å². The van der Waals surface area contributed by atoms with Gasteiger partial charge >= 0.3 is 0 Å². The predicted octanol–water partition coefficient (Wildman–Crippen LogP) is 1.47. The Labute approximate surface area is 82.6 Å². The number of benzene rings is 1. The lowest BCUT2D eigenvalue weighted by Gasteiger charge is -2.34. The van der Waals surface area contributed by atoms with Crippen LogP contribution in [0, 0.1) is 5.82 Å². The Morgan fingerprint density at radius 3 is 2.64 bits per heavy atom. The van der Waals surface area contributed by atoms with Crippen molar-refractivity contribution < 1.29 is 9.23 Å². The van der Waals surface area contributed by atoms with E-state index in [0.717, 1.165) is 12.2 Å². The summed E-state index contributed by atoms with van der Waals surface area (Å²) in [6.07, 6.45) is 0. The van der Waals surface area contributed by atoms with Crippen LogP contribution in [0.25, 0.3) is 0 Å². The molecule has 76 valence electrons. The van der Waals surface area contributed by atoms with Gasteiger partial charge in [-0.15, -0.1) is 0 Å². The number of hydroxylamine groups is 2. The topological polar surface area (TPSA) is 15.7 Å². The second-order valence-electron chi connectivity index (χ2n) is 3.34. The Bertz CT molecular complexity index is 301. The normalized spacial score (nSPS) is 18.6. The number of halogens is 1. The van der Waals surface area contributed by atoms with Gasteiger partial charge in [0.25, 0.3) is 0 Å². The smallest absolute Gasteiger partial charge is 0.123 e. The van der Waals surface area contributed by atoms with Crippen molar-refractivity contribution in [3.8, 4) is 0 Å². The molecule has 1 fully saturated rings. The zero-order valence-corrected chi connectivity index (χ0v) is 8.11. The summed E-state index contributed by atoms with van der Waals surface area (Å²) in [5.41, 5.74) is 1.03. The lowest BCUT2D eigenvalue weighted by Crippen LogP contribution is -2.44. The highest BCUT2D eigenvalue weighted by Gasteiger charge is 2.14. The summed E-state index contributed by atoms with van der Waals surface area (Å²) < 4.78 is 12.7. The zero-order chi connectivity index (χ0) is 9.97. The van der Waals surface area contributed by atoms with Crippen LogP contribution in [0.3, 0.4) is 0 Å². The monoisotopic (exact) mass is 196 g/mol. The standard InChI is InChI=1S/C10H13FN2O/c1-12-8-13(6-7-14-12)10-4-2-9(11)3-5-10/h2-5H,6-8H2,1H3. The SMILES string of the molecule is CN1CN(c2ccc(F)cc2)CCO1. The highest BCUT2D eigenvalue weighted by atomic mass is 19.1. The van der Waals surface area contributed by atoms with Gasteiger partial charge in [0.05, 0.1) is 13.3 Å². The third-order valence-corrected chi connectivity index (χ3v) is 2.23. The van der Waals surface area contributed by atoms with Crippen molar-refractivity contribution in [2.45, 2.75) is 0 Å². The van der Waals surface area contributed by atoms with E-state index < -0.39 is 0 Å². The van der Waals surface area contributed by atoms with E-state index >= 15 is 0 Å². The van der Waals surface area contributed by atoms with Crippen molar-refractivity contribution in [3.05, 3.63) is 30.1 Å². The van der Waals surface area contributed by atoms with E-state index in [9.17, 15) is 4.39 Å². The number of hydrogen-bond donors (Lipinski definition) is 0. The molecule has 3 nitrogen and oxygen atoms in total.